The van der Waals surface area contributed by atoms with E-state index in [1.54, 1.807) is 12.1 Å². The summed E-state index contributed by atoms with van der Waals surface area (Å²) in [4.78, 5) is 20.7. The molecule has 1 aliphatic heterocycles. The summed E-state index contributed by atoms with van der Waals surface area (Å²) < 4.78 is 0. The Balaban J connectivity index is 1.50. The first-order valence-electron chi connectivity index (χ1n) is 8.54. The number of fused-ring (bicyclic) bond motifs is 1. The van der Waals surface area contributed by atoms with Crippen LogP contribution in [0.25, 0.3) is 11.0 Å². The summed E-state index contributed by atoms with van der Waals surface area (Å²) in [7, 11) is 0. The number of nitro groups is 1. The van der Waals surface area contributed by atoms with Crippen LogP contribution in [0.15, 0.2) is 42.5 Å². The van der Waals surface area contributed by atoms with Crippen LogP contribution in [0, 0.1) is 21.4 Å². The highest BCUT2D eigenvalue weighted by atomic mass is 16.6. The Morgan fingerprint density at radius 2 is 2.00 bits per heavy atom. The fourth-order valence-electron chi connectivity index (χ4n) is 3.55. The Bertz CT molecular complexity index is 979. The molecule has 26 heavy (non-hydrogen) atoms. The molecule has 0 amide bonds. The Kier molecular flexibility index (Phi) is 4.01. The van der Waals surface area contributed by atoms with Crippen LogP contribution in [0.3, 0.4) is 0 Å². The molecule has 7 nitrogen and oxygen atoms in total. The number of nitrogens with zero attached hydrogens (tertiary/aromatic N) is 4. The minimum absolute atomic E-state index is 0.104. The standard InChI is InChI=1S/C19H17N5O2/c20-12-14-11-15(5-6-18(14)24(25)26)23-9-7-13(8-10-23)19-21-16-3-1-2-4-17(16)22-19/h1-6,11,13H,7-10H2,(H,21,22). The number of hydrogen-bond acceptors (Lipinski definition) is 5. The van der Waals surface area contributed by atoms with Crippen molar-refractivity contribution in [2.75, 3.05) is 18.0 Å². The molecule has 1 fully saturated rings. The van der Waals surface area contributed by atoms with Gasteiger partial charge in [0.05, 0.1) is 16.0 Å². The number of nitriles is 1. The first kappa shape index (κ1) is 16.1. The third-order valence-electron chi connectivity index (χ3n) is 4.95. The van der Waals surface area contributed by atoms with E-state index in [2.05, 4.69) is 9.88 Å². The molecule has 2 heterocycles. The van der Waals surface area contributed by atoms with Crippen LogP contribution in [-0.2, 0) is 0 Å². The van der Waals surface area contributed by atoms with Crippen molar-refractivity contribution in [3.63, 3.8) is 0 Å². The second-order valence-corrected chi connectivity index (χ2v) is 6.47. The van der Waals surface area contributed by atoms with Gasteiger partial charge in [-0.3, -0.25) is 10.1 Å². The molecule has 1 N–H and O–H groups in total. The van der Waals surface area contributed by atoms with Gasteiger partial charge in [-0.05, 0) is 37.1 Å². The summed E-state index contributed by atoms with van der Waals surface area (Å²) in [6.07, 6.45) is 1.89. The largest absolute Gasteiger partial charge is 0.371 e. The number of anilines is 1. The van der Waals surface area contributed by atoms with Crippen molar-refractivity contribution in [3.8, 4) is 6.07 Å². The first-order valence-corrected chi connectivity index (χ1v) is 8.54. The lowest BCUT2D eigenvalue weighted by molar-refractivity contribution is -0.385. The Morgan fingerprint density at radius 3 is 2.69 bits per heavy atom. The van der Waals surface area contributed by atoms with E-state index in [1.807, 2.05) is 30.3 Å². The zero-order chi connectivity index (χ0) is 18.1. The summed E-state index contributed by atoms with van der Waals surface area (Å²) in [6, 6.07) is 14.7. The van der Waals surface area contributed by atoms with Crippen molar-refractivity contribution in [1.82, 2.24) is 9.97 Å². The van der Waals surface area contributed by atoms with E-state index >= 15 is 0 Å². The fourth-order valence-corrected chi connectivity index (χ4v) is 3.55. The number of nitro benzene ring substituents is 1. The Hall–Kier alpha value is -3.40. The number of nitrogens with one attached hydrogen (secondary N) is 1. The van der Waals surface area contributed by atoms with Crippen LogP contribution < -0.4 is 4.90 Å². The molecular formula is C19H17N5O2. The molecule has 0 spiro atoms. The van der Waals surface area contributed by atoms with Crippen molar-refractivity contribution >= 4 is 22.4 Å². The predicted molar refractivity (Wildman–Crippen MR) is 98.1 cm³/mol. The van der Waals surface area contributed by atoms with E-state index in [9.17, 15) is 10.1 Å². The predicted octanol–water partition coefficient (Wildman–Crippen LogP) is 3.73. The number of piperidine rings is 1. The molecular weight excluding hydrogens is 330 g/mol. The zero-order valence-corrected chi connectivity index (χ0v) is 14.1. The van der Waals surface area contributed by atoms with Crippen molar-refractivity contribution in [2.24, 2.45) is 0 Å². The Labute approximate surface area is 150 Å². The van der Waals surface area contributed by atoms with Gasteiger partial charge in [0, 0.05) is 30.8 Å². The maximum atomic E-state index is 11.0. The average Bonchev–Trinajstić information content (AvgIpc) is 3.11. The number of hydrogen-bond donors (Lipinski definition) is 1. The van der Waals surface area contributed by atoms with Gasteiger partial charge in [-0.25, -0.2) is 4.98 Å². The van der Waals surface area contributed by atoms with Gasteiger partial charge in [0.25, 0.3) is 5.69 Å². The molecule has 1 saturated heterocycles. The maximum Gasteiger partial charge on any atom is 0.287 e. The monoisotopic (exact) mass is 347 g/mol. The van der Waals surface area contributed by atoms with E-state index in [0.29, 0.717) is 5.92 Å². The molecule has 1 aromatic heterocycles. The number of rotatable bonds is 3. The van der Waals surface area contributed by atoms with Crippen LogP contribution in [0.4, 0.5) is 11.4 Å². The van der Waals surface area contributed by atoms with Crippen molar-refractivity contribution in [2.45, 2.75) is 18.8 Å². The van der Waals surface area contributed by atoms with Crippen molar-refractivity contribution in [1.29, 1.82) is 5.26 Å². The number of aromatic nitrogens is 2. The Morgan fingerprint density at radius 1 is 1.23 bits per heavy atom. The molecule has 130 valence electrons. The molecule has 0 saturated carbocycles. The van der Waals surface area contributed by atoms with E-state index < -0.39 is 4.92 Å². The van der Waals surface area contributed by atoms with Crippen LogP contribution in [0.5, 0.6) is 0 Å². The molecule has 0 atom stereocenters. The number of para-hydroxylation sites is 2. The molecule has 3 aromatic rings. The summed E-state index contributed by atoms with van der Waals surface area (Å²) in [5, 5.41) is 20.1. The molecule has 4 rings (SSSR count). The zero-order valence-electron chi connectivity index (χ0n) is 14.1. The molecule has 0 bridgehead atoms. The maximum absolute atomic E-state index is 11.0. The molecule has 2 aromatic carbocycles. The quantitative estimate of drug-likeness (QED) is 0.575. The van der Waals surface area contributed by atoms with Gasteiger partial charge < -0.3 is 9.88 Å². The van der Waals surface area contributed by atoms with Gasteiger partial charge in [-0.1, -0.05) is 12.1 Å². The van der Waals surface area contributed by atoms with Gasteiger partial charge in [-0.2, -0.15) is 5.26 Å². The topological polar surface area (TPSA) is 98.8 Å². The summed E-state index contributed by atoms with van der Waals surface area (Å²) in [5.41, 5.74) is 2.86. The lowest BCUT2D eigenvalue weighted by atomic mass is 9.95. The number of imidazole rings is 1. The van der Waals surface area contributed by atoms with Gasteiger partial charge in [0.15, 0.2) is 0 Å². The van der Waals surface area contributed by atoms with E-state index in [4.69, 9.17) is 10.2 Å². The van der Waals surface area contributed by atoms with Crippen molar-refractivity contribution in [3.05, 3.63) is 64.0 Å². The highest BCUT2D eigenvalue weighted by Crippen LogP contribution is 2.32. The smallest absolute Gasteiger partial charge is 0.287 e. The highest BCUT2D eigenvalue weighted by Gasteiger charge is 2.24. The highest BCUT2D eigenvalue weighted by molar-refractivity contribution is 5.74. The van der Waals surface area contributed by atoms with Gasteiger partial charge in [-0.15, -0.1) is 0 Å². The second-order valence-electron chi connectivity index (χ2n) is 6.47. The van der Waals surface area contributed by atoms with E-state index in [0.717, 1.165) is 48.5 Å². The van der Waals surface area contributed by atoms with Crippen LogP contribution in [-0.4, -0.2) is 28.0 Å². The lowest BCUT2D eigenvalue weighted by Gasteiger charge is -2.32. The SMILES string of the molecule is N#Cc1cc(N2CCC(c3nc4ccccc4[nH]3)CC2)ccc1[N+](=O)[O-]. The molecule has 0 unspecified atom stereocenters. The molecule has 0 aliphatic carbocycles. The number of H-pyrrole nitrogens is 1. The first-order chi connectivity index (χ1) is 12.7. The molecule has 0 radical (unpaired) electrons. The van der Waals surface area contributed by atoms with Gasteiger partial charge >= 0.3 is 0 Å². The number of benzene rings is 2. The fraction of sp³-hybridized carbons (Fsp3) is 0.263. The lowest BCUT2D eigenvalue weighted by Crippen LogP contribution is -2.33. The third kappa shape index (κ3) is 2.86. The van der Waals surface area contributed by atoms with E-state index in [1.165, 1.54) is 6.07 Å². The summed E-state index contributed by atoms with van der Waals surface area (Å²) in [5.74, 6) is 1.39. The second kappa shape index (κ2) is 6.48. The molecule has 1 aliphatic rings. The normalized spacial score (nSPS) is 15.1. The van der Waals surface area contributed by atoms with Crippen LogP contribution >= 0.6 is 0 Å². The minimum atomic E-state index is -0.518. The number of aromatic amines is 1. The molecule has 7 heteroatoms. The van der Waals surface area contributed by atoms with Crippen molar-refractivity contribution < 1.29 is 4.92 Å². The van der Waals surface area contributed by atoms with Crippen LogP contribution in [0.1, 0.15) is 30.1 Å². The van der Waals surface area contributed by atoms with Gasteiger partial charge in [0.1, 0.15) is 17.5 Å². The third-order valence-corrected chi connectivity index (χ3v) is 4.95. The summed E-state index contributed by atoms with van der Waals surface area (Å²) in [6.45, 7) is 1.65. The average molecular weight is 347 g/mol. The summed E-state index contributed by atoms with van der Waals surface area (Å²) >= 11 is 0. The minimum Gasteiger partial charge on any atom is -0.371 e. The van der Waals surface area contributed by atoms with Gasteiger partial charge in [0.2, 0.25) is 0 Å². The van der Waals surface area contributed by atoms with Crippen LogP contribution in [0.2, 0.25) is 0 Å². The van der Waals surface area contributed by atoms with E-state index in [-0.39, 0.29) is 11.3 Å².